The summed E-state index contributed by atoms with van der Waals surface area (Å²) in [5.74, 6) is -0.219. The highest BCUT2D eigenvalue weighted by atomic mass is 19.1. The van der Waals surface area contributed by atoms with E-state index in [9.17, 15) is 4.39 Å². The molecule has 0 aliphatic heterocycles. The van der Waals surface area contributed by atoms with Crippen LogP contribution < -0.4 is 0 Å². The second kappa shape index (κ2) is 8.17. The van der Waals surface area contributed by atoms with Crippen LogP contribution in [0.4, 0.5) is 4.39 Å². The fraction of sp³-hybridized carbons (Fsp3) is 0. The fourth-order valence-corrected chi connectivity index (χ4v) is 4.89. The van der Waals surface area contributed by atoms with Gasteiger partial charge in [-0.05, 0) is 92.7 Å². The van der Waals surface area contributed by atoms with Crippen LogP contribution in [0, 0.1) is 5.82 Å². The molecule has 0 N–H and O–H groups in total. The summed E-state index contributed by atoms with van der Waals surface area (Å²) in [4.78, 5) is 4.33. The lowest BCUT2D eigenvalue weighted by atomic mass is 9.96. The minimum Gasteiger partial charge on any atom is -0.438 e. The number of pyridine rings is 1. The SMILES string of the molecule is Fc1ccc(-c2ccc3cc(-c4ccc(-c5ccc6oc7ncccc7c6c5)cc4)ccc3c2)cc1. The van der Waals surface area contributed by atoms with Gasteiger partial charge in [0, 0.05) is 17.0 Å². The average Bonchev–Trinajstić information content (AvgIpc) is 3.31. The quantitative estimate of drug-likeness (QED) is 0.260. The summed E-state index contributed by atoms with van der Waals surface area (Å²) in [6.45, 7) is 0. The van der Waals surface area contributed by atoms with E-state index >= 15 is 0 Å². The van der Waals surface area contributed by atoms with E-state index in [0.29, 0.717) is 5.71 Å². The molecule has 2 aromatic heterocycles. The van der Waals surface area contributed by atoms with Crippen LogP contribution in [0.25, 0.3) is 66.2 Å². The van der Waals surface area contributed by atoms with Crippen LogP contribution in [0.5, 0.6) is 0 Å². The predicted octanol–water partition coefficient (Wildman–Crippen LogP) is 9.27. The van der Waals surface area contributed by atoms with Crippen molar-refractivity contribution >= 4 is 32.8 Å². The third kappa shape index (κ3) is 3.53. The highest BCUT2D eigenvalue weighted by molar-refractivity contribution is 6.05. The molecule has 170 valence electrons. The number of benzene rings is 5. The van der Waals surface area contributed by atoms with Gasteiger partial charge in [-0.2, -0.15) is 0 Å². The second-order valence-corrected chi connectivity index (χ2v) is 9.03. The average molecular weight is 466 g/mol. The first kappa shape index (κ1) is 20.6. The molecule has 0 aliphatic carbocycles. The Morgan fingerprint density at radius 2 is 1.03 bits per heavy atom. The van der Waals surface area contributed by atoms with Crippen molar-refractivity contribution in [3.8, 4) is 33.4 Å². The lowest BCUT2D eigenvalue weighted by Gasteiger charge is -2.08. The summed E-state index contributed by atoms with van der Waals surface area (Å²) in [7, 11) is 0. The van der Waals surface area contributed by atoms with E-state index in [1.165, 1.54) is 28.6 Å². The molecule has 0 atom stereocenters. The van der Waals surface area contributed by atoms with E-state index in [0.717, 1.165) is 44.0 Å². The van der Waals surface area contributed by atoms with Gasteiger partial charge in [0.25, 0.3) is 0 Å². The van der Waals surface area contributed by atoms with Crippen molar-refractivity contribution in [3.63, 3.8) is 0 Å². The normalized spacial score (nSPS) is 11.5. The number of hydrogen-bond donors (Lipinski definition) is 0. The summed E-state index contributed by atoms with van der Waals surface area (Å²) in [5.41, 5.74) is 8.25. The maximum Gasteiger partial charge on any atom is 0.227 e. The van der Waals surface area contributed by atoms with Crippen molar-refractivity contribution in [1.29, 1.82) is 0 Å². The standard InChI is InChI=1S/C33H20FNO/c34-29-14-11-23(12-15-29)25-8-10-26-18-24(7-9-27(26)19-25)21-3-5-22(6-4-21)28-13-16-32-31(20-28)30-2-1-17-35-33(30)36-32/h1-20H. The van der Waals surface area contributed by atoms with Crippen LogP contribution in [-0.4, -0.2) is 4.98 Å². The molecule has 36 heavy (non-hydrogen) atoms. The third-order valence-electron chi connectivity index (χ3n) is 6.82. The highest BCUT2D eigenvalue weighted by Gasteiger charge is 2.09. The molecule has 5 aromatic carbocycles. The predicted molar refractivity (Wildman–Crippen MR) is 145 cm³/mol. The molecule has 2 heterocycles. The Morgan fingerprint density at radius 3 is 1.67 bits per heavy atom. The maximum atomic E-state index is 13.3. The molecule has 0 bridgehead atoms. The highest BCUT2D eigenvalue weighted by Crippen LogP contribution is 2.33. The summed E-state index contributed by atoms with van der Waals surface area (Å²) >= 11 is 0. The van der Waals surface area contributed by atoms with Crippen LogP contribution in [0.1, 0.15) is 0 Å². The molecule has 7 rings (SSSR count). The first-order valence-electron chi connectivity index (χ1n) is 11.9. The van der Waals surface area contributed by atoms with Crippen LogP contribution in [0.3, 0.4) is 0 Å². The number of fused-ring (bicyclic) bond motifs is 4. The van der Waals surface area contributed by atoms with Gasteiger partial charge in [-0.15, -0.1) is 0 Å². The molecule has 0 aliphatic rings. The molecular weight excluding hydrogens is 445 g/mol. The number of aromatic nitrogens is 1. The number of hydrogen-bond acceptors (Lipinski definition) is 2. The molecule has 0 spiro atoms. The lowest BCUT2D eigenvalue weighted by molar-refractivity contribution is 0.628. The third-order valence-corrected chi connectivity index (χ3v) is 6.82. The van der Waals surface area contributed by atoms with Gasteiger partial charge in [0.1, 0.15) is 11.4 Å². The van der Waals surface area contributed by atoms with E-state index in [-0.39, 0.29) is 5.82 Å². The van der Waals surface area contributed by atoms with Crippen molar-refractivity contribution in [3.05, 3.63) is 127 Å². The Labute approximate surface area is 207 Å². The van der Waals surface area contributed by atoms with Gasteiger partial charge in [0.15, 0.2) is 0 Å². The van der Waals surface area contributed by atoms with Gasteiger partial charge in [-0.25, -0.2) is 9.37 Å². The molecule has 3 heteroatoms. The van der Waals surface area contributed by atoms with Crippen molar-refractivity contribution in [2.75, 3.05) is 0 Å². The Morgan fingerprint density at radius 1 is 0.500 bits per heavy atom. The van der Waals surface area contributed by atoms with Gasteiger partial charge in [0.2, 0.25) is 5.71 Å². The summed E-state index contributed by atoms with van der Waals surface area (Å²) in [6, 6.07) is 38.5. The second-order valence-electron chi connectivity index (χ2n) is 9.03. The lowest BCUT2D eigenvalue weighted by Crippen LogP contribution is -1.83. The molecule has 0 unspecified atom stereocenters. The Kier molecular flexibility index (Phi) is 4.68. The minimum atomic E-state index is -0.219. The molecule has 7 aromatic rings. The Bertz CT molecular complexity index is 1880. The molecule has 2 nitrogen and oxygen atoms in total. The van der Waals surface area contributed by atoms with E-state index in [1.54, 1.807) is 6.20 Å². The van der Waals surface area contributed by atoms with Crippen LogP contribution >= 0.6 is 0 Å². The van der Waals surface area contributed by atoms with Gasteiger partial charge in [-0.1, -0.05) is 66.7 Å². The summed E-state index contributed by atoms with van der Waals surface area (Å²) in [6.07, 6.45) is 1.75. The van der Waals surface area contributed by atoms with Gasteiger partial charge >= 0.3 is 0 Å². The Hall–Kier alpha value is -4.76. The first-order valence-corrected chi connectivity index (χ1v) is 11.9. The topological polar surface area (TPSA) is 26.0 Å². The smallest absolute Gasteiger partial charge is 0.227 e. The maximum absolute atomic E-state index is 13.3. The monoisotopic (exact) mass is 465 g/mol. The molecule has 0 saturated heterocycles. The zero-order valence-electron chi connectivity index (χ0n) is 19.3. The van der Waals surface area contributed by atoms with E-state index in [2.05, 4.69) is 77.8 Å². The molecule has 0 radical (unpaired) electrons. The molecule has 0 saturated carbocycles. The van der Waals surface area contributed by atoms with E-state index in [1.807, 2.05) is 30.3 Å². The first-order chi connectivity index (χ1) is 17.7. The summed E-state index contributed by atoms with van der Waals surface area (Å²) < 4.78 is 19.1. The number of furan rings is 1. The van der Waals surface area contributed by atoms with Crippen molar-refractivity contribution in [2.45, 2.75) is 0 Å². The molecule has 0 amide bonds. The number of nitrogens with zero attached hydrogens (tertiary/aromatic N) is 1. The van der Waals surface area contributed by atoms with Crippen molar-refractivity contribution < 1.29 is 8.81 Å². The fourth-order valence-electron chi connectivity index (χ4n) is 4.89. The van der Waals surface area contributed by atoms with E-state index < -0.39 is 0 Å². The van der Waals surface area contributed by atoms with Crippen LogP contribution in [-0.2, 0) is 0 Å². The molecule has 0 fully saturated rings. The van der Waals surface area contributed by atoms with Crippen molar-refractivity contribution in [1.82, 2.24) is 4.98 Å². The zero-order valence-corrected chi connectivity index (χ0v) is 19.3. The van der Waals surface area contributed by atoms with Gasteiger partial charge in [-0.3, -0.25) is 0 Å². The van der Waals surface area contributed by atoms with Crippen LogP contribution in [0.15, 0.2) is 126 Å². The number of rotatable bonds is 3. The van der Waals surface area contributed by atoms with Crippen molar-refractivity contribution in [2.24, 2.45) is 0 Å². The summed E-state index contributed by atoms with van der Waals surface area (Å²) in [5, 5.41) is 4.44. The zero-order chi connectivity index (χ0) is 24.1. The largest absolute Gasteiger partial charge is 0.438 e. The Balaban J connectivity index is 1.20. The van der Waals surface area contributed by atoms with Crippen LogP contribution in [0.2, 0.25) is 0 Å². The van der Waals surface area contributed by atoms with E-state index in [4.69, 9.17) is 4.42 Å². The minimum absolute atomic E-state index is 0.219. The van der Waals surface area contributed by atoms with Gasteiger partial charge < -0.3 is 4.42 Å². The molecular formula is C33H20FNO. The van der Waals surface area contributed by atoms with Gasteiger partial charge in [0.05, 0.1) is 0 Å². The number of halogens is 1.